The monoisotopic (exact) mass is 339 g/mol. The maximum absolute atomic E-state index is 5.16. The number of hydrogen-bond acceptors (Lipinski definition) is 4. The van der Waals surface area contributed by atoms with Gasteiger partial charge in [-0.25, -0.2) is 0 Å². The molecular weight excluding hydrogens is 302 g/mol. The van der Waals surface area contributed by atoms with Gasteiger partial charge in [0.05, 0.1) is 6.61 Å². The van der Waals surface area contributed by atoms with E-state index in [2.05, 4.69) is 32.5 Å². The molecule has 0 aromatic carbocycles. The molecule has 1 saturated carbocycles. The van der Waals surface area contributed by atoms with Crippen LogP contribution in [0.3, 0.4) is 0 Å². The van der Waals surface area contributed by atoms with Gasteiger partial charge in [-0.3, -0.25) is 4.99 Å². The zero-order valence-corrected chi connectivity index (χ0v) is 15.9. The third-order valence-corrected chi connectivity index (χ3v) is 5.47. The van der Waals surface area contributed by atoms with E-state index in [1.54, 1.807) is 7.11 Å². The normalized spacial score (nSPS) is 21.6. The summed E-state index contributed by atoms with van der Waals surface area (Å²) in [5.41, 5.74) is 0. The van der Waals surface area contributed by atoms with Crippen LogP contribution in [0.2, 0.25) is 0 Å². The Kier molecular flexibility index (Phi) is 8.84. The SMILES string of the molecule is CN=C(NCCN(C)C1CCCC1)NC1CCN(CCOC)CC1. The van der Waals surface area contributed by atoms with Crippen molar-refractivity contribution in [2.75, 3.05) is 60.5 Å². The summed E-state index contributed by atoms with van der Waals surface area (Å²) in [6.45, 7) is 6.20. The lowest BCUT2D eigenvalue weighted by Gasteiger charge is -2.33. The van der Waals surface area contributed by atoms with E-state index in [4.69, 9.17) is 4.74 Å². The zero-order chi connectivity index (χ0) is 17.2. The highest BCUT2D eigenvalue weighted by atomic mass is 16.5. The van der Waals surface area contributed by atoms with Crippen LogP contribution in [0.25, 0.3) is 0 Å². The van der Waals surface area contributed by atoms with Gasteiger partial charge >= 0.3 is 0 Å². The number of likely N-dealkylation sites (N-methyl/N-ethyl adjacent to an activating group) is 1. The summed E-state index contributed by atoms with van der Waals surface area (Å²) in [6, 6.07) is 1.32. The molecule has 0 spiro atoms. The van der Waals surface area contributed by atoms with Gasteiger partial charge in [-0.05, 0) is 32.7 Å². The summed E-state index contributed by atoms with van der Waals surface area (Å²) in [4.78, 5) is 9.37. The summed E-state index contributed by atoms with van der Waals surface area (Å²) in [5, 5.41) is 7.07. The van der Waals surface area contributed by atoms with Gasteiger partial charge in [0, 0.05) is 59.0 Å². The van der Waals surface area contributed by atoms with Crippen LogP contribution in [-0.4, -0.2) is 88.4 Å². The number of ether oxygens (including phenoxy) is 1. The molecule has 6 heteroatoms. The third kappa shape index (κ3) is 6.57. The minimum Gasteiger partial charge on any atom is -0.383 e. The van der Waals surface area contributed by atoms with Crippen molar-refractivity contribution in [3.8, 4) is 0 Å². The molecule has 1 aliphatic carbocycles. The number of nitrogens with one attached hydrogen (secondary N) is 2. The molecule has 2 N–H and O–H groups in total. The number of aliphatic imine (C=N–C) groups is 1. The van der Waals surface area contributed by atoms with Crippen LogP contribution >= 0.6 is 0 Å². The van der Waals surface area contributed by atoms with Crippen molar-refractivity contribution in [3.05, 3.63) is 0 Å². The molecule has 0 radical (unpaired) electrons. The Balaban J connectivity index is 1.60. The summed E-state index contributed by atoms with van der Waals surface area (Å²) in [5.74, 6) is 0.949. The first kappa shape index (κ1) is 19.5. The standard InChI is InChI=1S/C18H37N5O/c1-19-18(20-10-13-22(2)17-6-4-5-7-17)21-16-8-11-23(12-9-16)14-15-24-3/h16-17H,4-15H2,1-3H3,(H2,19,20,21). The van der Waals surface area contributed by atoms with E-state index in [1.165, 1.54) is 38.5 Å². The maximum Gasteiger partial charge on any atom is 0.191 e. The van der Waals surface area contributed by atoms with Crippen LogP contribution < -0.4 is 10.6 Å². The fourth-order valence-corrected chi connectivity index (χ4v) is 3.79. The molecule has 2 fully saturated rings. The predicted octanol–water partition coefficient (Wildman–Crippen LogP) is 1.14. The minimum atomic E-state index is 0.530. The predicted molar refractivity (Wildman–Crippen MR) is 101 cm³/mol. The Bertz CT molecular complexity index is 362. The van der Waals surface area contributed by atoms with Crippen LogP contribution in [0.5, 0.6) is 0 Å². The highest BCUT2D eigenvalue weighted by molar-refractivity contribution is 5.79. The minimum absolute atomic E-state index is 0.530. The van der Waals surface area contributed by atoms with Gasteiger partial charge in [0.1, 0.15) is 0 Å². The lowest BCUT2D eigenvalue weighted by Crippen LogP contribution is -2.50. The van der Waals surface area contributed by atoms with Gasteiger partial charge in [0.2, 0.25) is 0 Å². The summed E-state index contributed by atoms with van der Waals surface area (Å²) in [7, 11) is 5.89. The molecule has 1 aliphatic heterocycles. The number of piperidine rings is 1. The summed E-state index contributed by atoms with van der Waals surface area (Å²) >= 11 is 0. The Labute approximate surface area is 148 Å². The molecule has 6 nitrogen and oxygen atoms in total. The number of hydrogen-bond donors (Lipinski definition) is 2. The first-order valence-electron chi connectivity index (χ1n) is 9.61. The smallest absolute Gasteiger partial charge is 0.191 e. The Hall–Kier alpha value is -0.850. The number of guanidine groups is 1. The zero-order valence-electron chi connectivity index (χ0n) is 15.9. The molecule has 24 heavy (non-hydrogen) atoms. The van der Waals surface area contributed by atoms with Crippen LogP contribution in [0, 0.1) is 0 Å². The van der Waals surface area contributed by atoms with E-state index in [-0.39, 0.29) is 0 Å². The molecule has 0 aromatic heterocycles. The topological polar surface area (TPSA) is 52.1 Å². The molecule has 2 aliphatic rings. The second-order valence-corrected chi connectivity index (χ2v) is 7.17. The Morgan fingerprint density at radius 3 is 2.54 bits per heavy atom. The molecule has 0 aromatic rings. The van der Waals surface area contributed by atoms with Crippen molar-refractivity contribution < 1.29 is 4.74 Å². The molecule has 0 bridgehead atoms. The van der Waals surface area contributed by atoms with E-state index in [0.29, 0.717) is 6.04 Å². The molecule has 0 unspecified atom stereocenters. The Morgan fingerprint density at radius 1 is 1.21 bits per heavy atom. The van der Waals surface area contributed by atoms with Gasteiger partial charge in [0.15, 0.2) is 5.96 Å². The second kappa shape index (κ2) is 10.9. The van der Waals surface area contributed by atoms with Crippen molar-refractivity contribution in [2.24, 2.45) is 4.99 Å². The Morgan fingerprint density at radius 2 is 1.92 bits per heavy atom. The van der Waals surface area contributed by atoms with E-state index in [9.17, 15) is 0 Å². The van der Waals surface area contributed by atoms with E-state index < -0.39 is 0 Å². The van der Waals surface area contributed by atoms with E-state index in [1.807, 2.05) is 7.05 Å². The average molecular weight is 340 g/mol. The molecule has 0 atom stereocenters. The van der Waals surface area contributed by atoms with Gasteiger partial charge in [-0.1, -0.05) is 12.8 Å². The van der Waals surface area contributed by atoms with Crippen molar-refractivity contribution >= 4 is 5.96 Å². The van der Waals surface area contributed by atoms with Crippen LogP contribution in [0.1, 0.15) is 38.5 Å². The molecule has 140 valence electrons. The molecular formula is C18H37N5O. The van der Waals surface area contributed by atoms with E-state index in [0.717, 1.165) is 51.3 Å². The van der Waals surface area contributed by atoms with Gasteiger partial charge < -0.3 is 25.2 Å². The maximum atomic E-state index is 5.16. The number of likely N-dealkylation sites (tertiary alicyclic amines) is 1. The van der Waals surface area contributed by atoms with Crippen molar-refractivity contribution in [3.63, 3.8) is 0 Å². The number of rotatable bonds is 8. The lowest BCUT2D eigenvalue weighted by molar-refractivity contribution is 0.128. The summed E-state index contributed by atoms with van der Waals surface area (Å²) in [6.07, 6.45) is 7.87. The first-order chi connectivity index (χ1) is 11.7. The average Bonchev–Trinajstić information content (AvgIpc) is 3.15. The fourth-order valence-electron chi connectivity index (χ4n) is 3.79. The highest BCUT2D eigenvalue weighted by Gasteiger charge is 2.20. The van der Waals surface area contributed by atoms with Crippen LogP contribution in [-0.2, 0) is 4.74 Å². The second-order valence-electron chi connectivity index (χ2n) is 7.17. The third-order valence-electron chi connectivity index (χ3n) is 5.47. The molecule has 0 amide bonds. The molecule has 2 rings (SSSR count). The molecule has 1 saturated heterocycles. The van der Waals surface area contributed by atoms with E-state index >= 15 is 0 Å². The number of methoxy groups -OCH3 is 1. The lowest BCUT2D eigenvalue weighted by atomic mass is 10.1. The van der Waals surface area contributed by atoms with Crippen molar-refractivity contribution in [2.45, 2.75) is 50.6 Å². The fraction of sp³-hybridized carbons (Fsp3) is 0.944. The molecule has 1 heterocycles. The largest absolute Gasteiger partial charge is 0.383 e. The highest BCUT2D eigenvalue weighted by Crippen LogP contribution is 2.21. The van der Waals surface area contributed by atoms with Crippen molar-refractivity contribution in [1.82, 2.24) is 20.4 Å². The van der Waals surface area contributed by atoms with Crippen molar-refractivity contribution in [1.29, 1.82) is 0 Å². The first-order valence-corrected chi connectivity index (χ1v) is 9.61. The summed E-state index contributed by atoms with van der Waals surface area (Å²) < 4.78 is 5.16. The van der Waals surface area contributed by atoms with Crippen LogP contribution in [0.15, 0.2) is 4.99 Å². The van der Waals surface area contributed by atoms with Crippen LogP contribution in [0.4, 0.5) is 0 Å². The van der Waals surface area contributed by atoms with Gasteiger partial charge in [-0.2, -0.15) is 0 Å². The van der Waals surface area contributed by atoms with Gasteiger partial charge in [0.25, 0.3) is 0 Å². The number of nitrogens with zero attached hydrogens (tertiary/aromatic N) is 3. The quantitative estimate of drug-likeness (QED) is 0.513. The van der Waals surface area contributed by atoms with Gasteiger partial charge in [-0.15, -0.1) is 0 Å².